The lowest BCUT2D eigenvalue weighted by atomic mass is 9.92. The van der Waals surface area contributed by atoms with Crippen LogP contribution in [0.2, 0.25) is 0 Å². The highest BCUT2D eigenvalue weighted by Crippen LogP contribution is 2.37. The monoisotopic (exact) mass is 530 g/mol. The molecule has 2 aliphatic rings. The molecule has 2 atom stereocenters. The second-order valence-corrected chi connectivity index (χ2v) is 10.7. The Morgan fingerprint density at radius 2 is 1.92 bits per heavy atom. The molecule has 204 valence electrons. The average molecular weight is 531 g/mol. The van der Waals surface area contributed by atoms with Crippen LogP contribution in [0.25, 0.3) is 0 Å². The van der Waals surface area contributed by atoms with Crippen LogP contribution >= 0.6 is 0 Å². The van der Waals surface area contributed by atoms with E-state index in [9.17, 15) is 28.6 Å². The maximum atomic E-state index is 14.7. The molecule has 1 saturated heterocycles. The molecule has 2 aliphatic heterocycles. The van der Waals surface area contributed by atoms with E-state index in [0.717, 1.165) is 6.07 Å². The number of aromatic nitrogens is 4. The number of aromatic amines is 1. The number of nitrogens with one attached hydrogen (secondary N) is 2. The molecule has 3 aromatic rings. The molecule has 0 radical (unpaired) electrons. The van der Waals surface area contributed by atoms with Crippen molar-refractivity contribution in [1.82, 2.24) is 29.3 Å². The smallest absolute Gasteiger partial charge is 0.328 e. The van der Waals surface area contributed by atoms with Gasteiger partial charge in [-0.1, -0.05) is 12.1 Å². The lowest BCUT2D eigenvalue weighted by Gasteiger charge is -2.33. The van der Waals surface area contributed by atoms with Crippen LogP contribution in [0.1, 0.15) is 74.6 Å². The Labute approximate surface area is 217 Å². The van der Waals surface area contributed by atoms with Crippen LogP contribution in [0.3, 0.4) is 0 Å². The molecule has 2 amide bonds. The SMILES string of the molecule is CC(C)(O)c1cnc2n1C[C@H](c1cccc(F)c1F)CC[C@H]2NC(=O)N1CCC(n2cc(O)[nH]c2=O)CC1. The first-order chi connectivity index (χ1) is 18.0. The first-order valence-corrected chi connectivity index (χ1v) is 12.8. The molecule has 4 N–H and O–H groups in total. The van der Waals surface area contributed by atoms with Crippen molar-refractivity contribution in [1.29, 1.82) is 0 Å². The number of hydrogen-bond donors (Lipinski definition) is 4. The molecule has 0 spiro atoms. The second kappa shape index (κ2) is 9.90. The molecule has 38 heavy (non-hydrogen) atoms. The number of piperidine rings is 1. The van der Waals surface area contributed by atoms with Gasteiger partial charge in [0, 0.05) is 31.6 Å². The first kappa shape index (κ1) is 26.0. The van der Waals surface area contributed by atoms with Gasteiger partial charge >= 0.3 is 11.7 Å². The summed E-state index contributed by atoms with van der Waals surface area (Å²) in [5.41, 5.74) is -0.840. The first-order valence-electron chi connectivity index (χ1n) is 12.8. The van der Waals surface area contributed by atoms with Gasteiger partial charge in [0.05, 0.1) is 24.1 Å². The number of rotatable bonds is 4. The van der Waals surface area contributed by atoms with Gasteiger partial charge in [0.15, 0.2) is 11.6 Å². The van der Waals surface area contributed by atoms with Crippen LogP contribution in [-0.2, 0) is 12.1 Å². The summed E-state index contributed by atoms with van der Waals surface area (Å²) in [5, 5.41) is 23.4. The zero-order chi connectivity index (χ0) is 27.2. The molecule has 10 nitrogen and oxygen atoms in total. The number of imidazole rings is 2. The number of amides is 2. The third-order valence-corrected chi connectivity index (χ3v) is 7.63. The number of urea groups is 1. The predicted molar refractivity (Wildman–Crippen MR) is 134 cm³/mol. The number of H-pyrrole nitrogens is 1. The van der Waals surface area contributed by atoms with Gasteiger partial charge in [0.1, 0.15) is 11.4 Å². The molecule has 12 heteroatoms. The number of hydrogen-bond acceptors (Lipinski definition) is 5. The Bertz CT molecular complexity index is 1380. The summed E-state index contributed by atoms with van der Waals surface area (Å²) in [5.74, 6) is -1.82. The fourth-order valence-corrected chi connectivity index (χ4v) is 5.64. The van der Waals surface area contributed by atoms with Crippen LogP contribution in [0, 0.1) is 11.6 Å². The number of likely N-dealkylation sites (tertiary alicyclic amines) is 1. The lowest BCUT2D eigenvalue weighted by molar-refractivity contribution is 0.0690. The highest BCUT2D eigenvalue weighted by Gasteiger charge is 2.34. The minimum atomic E-state index is -1.23. The van der Waals surface area contributed by atoms with Gasteiger partial charge in [-0.15, -0.1) is 0 Å². The van der Waals surface area contributed by atoms with Crippen LogP contribution < -0.4 is 11.0 Å². The van der Waals surface area contributed by atoms with Gasteiger partial charge in [0.25, 0.3) is 0 Å². The van der Waals surface area contributed by atoms with Crippen LogP contribution in [0.5, 0.6) is 5.88 Å². The van der Waals surface area contributed by atoms with E-state index < -0.39 is 23.3 Å². The number of carbonyl (C=O) groups is 1. The van der Waals surface area contributed by atoms with E-state index in [0.29, 0.717) is 50.3 Å². The van der Waals surface area contributed by atoms with Crippen molar-refractivity contribution in [3.8, 4) is 5.88 Å². The van der Waals surface area contributed by atoms with Gasteiger partial charge in [-0.05, 0) is 51.2 Å². The zero-order valence-electron chi connectivity index (χ0n) is 21.3. The molecule has 5 rings (SSSR count). The Balaban J connectivity index is 1.35. The van der Waals surface area contributed by atoms with Crippen molar-refractivity contribution in [3.63, 3.8) is 0 Å². The maximum Gasteiger partial charge on any atom is 0.328 e. The van der Waals surface area contributed by atoms with Gasteiger partial charge in [-0.25, -0.2) is 23.4 Å². The molecule has 0 saturated carbocycles. The van der Waals surface area contributed by atoms with Gasteiger partial charge < -0.3 is 25.0 Å². The lowest BCUT2D eigenvalue weighted by Crippen LogP contribution is -2.46. The van der Waals surface area contributed by atoms with Crippen molar-refractivity contribution in [2.24, 2.45) is 0 Å². The minimum absolute atomic E-state index is 0.128. The summed E-state index contributed by atoms with van der Waals surface area (Å²) in [6, 6.07) is 3.23. The number of carbonyl (C=O) groups excluding carboxylic acids is 1. The Kier molecular flexibility index (Phi) is 6.76. The van der Waals surface area contributed by atoms with E-state index in [4.69, 9.17) is 0 Å². The maximum absolute atomic E-state index is 14.7. The summed E-state index contributed by atoms with van der Waals surface area (Å²) in [4.78, 5) is 33.8. The summed E-state index contributed by atoms with van der Waals surface area (Å²) in [6.45, 7) is 4.38. The summed E-state index contributed by atoms with van der Waals surface area (Å²) < 4.78 is 32.0. The molecule has 1 fully saturated rings. The van der Waals surface area contributed by atoms with Crippen molar-refractivity contribution in [2.45, 2.75) is 69.7 Å². The van der Waals surface area contributed by atoms with Crippen LogP contribution in [0.4, 0.5) is 13.6 Å². The number of halogens is 2. The van der Waals surface area contributed by atoms with Gasteiger partial charge in [-0.2, -0.15) is 0 Å². The molecule has 4 heterocycles. The average Bonchev–Trinajstić information content (AvgIpc) is 3.40. The highest BCUT2D eigenvalue weighted by atomic mass is 19.2. The minimum Gasteiger partial charge on any atom is -0.493 e. The summed E-state index contributed by atoms with van der Waals surface area (Å²) in [7, 11) is 0. The Morgan fingerprint density at radius 3 is 2.58 bits per heavy atom. The van der Waals surface area contributed by atoms with E-state index in [2.05, 4.69) is 15.3 Å². The molecule has 1 aromatic carbocycles. The highest BCUT2D eigenvalue weighted by molar-refractivity contribution is 5.74. The number of nitrogens with zero attached hydrogens (tertiary/aromatic N) is 4. The molecule has 0 aliphatic carbocycles. The molecule has 0 bridgehead atoms. The number of aliphatic hydroxyl groups is 1. The quantitative estimate of drug-likeness (QED) is 0.412. The van der Waals surface area contributed by atoms with Crippen LogP contribution in [-0.4, -0.2) is 53.3 Å². The topological polar surface area (TPSA) is 128 Å². The van der Waals surface area contributed by atoms with Gasteiger partial charge in [0.2, 0.25) is 5.88 Å². The van der Waals surface area contributed by atoms with Crippen molar-refractivity contribution in [2.75, 3.05) is 13.1 Å². The molecule has 2 aromatic heterocycles. The zero-order valence-corrected chi connectivity index (χ0v) is 21.3. The third-order valence-electron chi connectivity index (χ3n) is 7.63. The summed E-state index contributed by atoms with van der Waals surface area (Å²) >= 11 is 0. The van der Waals surface area contributed by atoms with Gasteiger partial charge in [-0.3, -0.25) is 9.55 Å². The van der Waals surface area contributed by atoms with E-state index in [1.54, 1.807) is 31.0 Å². The summed E-state index contributed by atoms with van der Waals surface area (Å²) in [6.07, 6.45) is 4.95. The number of benzene rings is 1. The van der Waals surface area contributed by atoms with E-state index >= 15 is 0 Å². The largest absolute Gasteiger partial charge is 0.493 e. The Hall–Kier alpha value is -3.67. The van der Waals surface area contributed by atoms with Crippen molar-refractivity contribution >= 4 is 6.03 Å². The Morgan fingerprint density at radius 1 is 1.18 bits per heavy atom. The molecular weight excluding hydrogens is 498 g/mol. The fourth-order valence-electron chi connectivity index (χ4n) is 5.64. The predicted octanol–water partition coefficient (Wildman–Crippen LogP) is 3.25. The van der Waals surface area contributed by atoms with E-state index in [1.165, 1.54) is 16.8 Å². The molecular formula is C26H32F2N6O4. The van der Waals surface area contributed by atoms with E-state index in [-0.39, 0.29) is 41.7 Å². The van der Waals surface area contributed by atoms with E-state index in [1.807, 2.05) is 4.57 Å². The fraction of sp³-hybridized carbons (Fsp3) is 0.500. The van der Waals surface area contributed by atoms with Crippen LogP contribution in [0.15, 0.2) is 35.4 Å². The third kappa shape index (κ3) is 4.92. The number of fused-ring (bicyclic) bond motifs is 1. The normalized spacial score (nSPS) is 20.7. The number of aromatic hydroxyl groups is 1. The second-order valence-electron chi connectivity index (χ2n) is 10.7. The standard InChI is InChI=1S/C26H32F2N6O4/c1-26(2,38)20-12-29-23-19(7-6-15(13-34(20)23)17-4-3-5-18(27)22(17)28)30-24(36)32-10-8-16(9-11-32)33-14-21(35)31-25(33)37/h3-5,12,14-16,19,35,38H,6-11,13H2,1-2H3,(H,30,36)(H,31,37)/t15-,19-/m1/s1. The van der Waals surface area contributed by atoms with Crippen molar-refractivity contribution in [3.05, 3.63) is 69.8 Å². The van der Waals surface area contributed by atoms with Crippen molar-refractivity contribution < 1.29 is 23.8 Å². The molecule has 0 unspecified atom stereocenters.